The lowest BCUT2D eigenvalue weighted by atomic mass is 10.2. The normalized spacial score (nSPS) is 12.1. The maximum absolute atomic E-state index is 11.9. The zero-order chi connectivity index (χ0) is 15.1. The van der Waals surface area contributed by atoms with E-state index in [9.17, 15) is 4.79 Å². The third-order valence-electron chi connectivity index (χ3n) is 3.06. The molecule has 0 aliphatic carbocycles. The van der Waals surface area contributed by atoms with E-state index in [4.69, 9.17) is 10.2 Å². The Bertz CT molecular complexity index is 568. The lowest BCUT2D eigenvalue weighted by Gasteiger charge is -2.04. The summed E-state index contributed by atoms with van der Waals surface area (Å²) in [6.45, 7) is 2.53. The van der Waals surface area contributed by atoms with Gasteiger partial charge in [-0.05, 0) is 18.6 Å². The van der Waals surface area contributed by atoms with Gasteiger partial charge in [0.15, 0.2) is 5.69 Å². The average Bonchev–Trinajstić information content (AvgIpc) is 2.98. The van der Waals surface area contributed by atoms with E-state index in [-0.39, 0.29) is 17.6 Å². The molecule has 6 nitrogen and oxygen atoms in total. The number of carbonyl (C=O) groups is 1. The van der Waals surface area contributed by atoms with Crippen molar-refractivity contribution in [2.24, 2.45) is 5.73 Å². The maximum Gasteiger partial charge on any atom is 0.273 e. The number of oxazole rings is 1. The molecule has 0 aromatic carbocycles. The molecule has 1 amide bonds. The molecule has 0 aliphatic rings. The lowest BCUT2D eigenvalue weighted by molar-refractivity contribution is 0.0949. The SMILES string of the molecule is CCCC(N)c1nc(C(=O)NCCc2ccccn2)co1. The fourth-order valence-corrected chi connectivity index (χ4v) is 1.94. The number of hydrogen-bond donors (Lipinski definition) is 2. The van der Waals surface area contributed by atoms with Gasteiger partial charge in [0.2, 0.25) is 5.89 Å². The highest BCUT2D eigenvalue weighted by molar-refractivity contribution is 5.91. The molecule has 2 heterocycles. The first-order valence-corrected chi connectivity index (χ1v) is 7.09. The van der Waals surface area contributed by atoms with Gasteiger partial charge < -0.3 is 15.5 Å². The van der Waals surface area contributed by atoms with Crippen molar-refractivity contribution in [3.63, 3.8) is 0 Å². The predicted octanol–water partition coefficient (Wildman–Crippen LogP) is 1.84. The molecule has 0 bridgehead atoms. The number of hydrogen-bond acceptors (Lipinski definition) is 5. The van der Waals surface area contributed by atoms with Gasteiger partial charge in [0.05, 0.1) is 6.04 Å². The fraction of sp³-hybridized carbons (Fsp3) is 0.400. The molecular formula is C15H20N4O2. The number of amides is 1. The van der Waals surface area contributed by atoms with Gasteiger partial charge in [-0.3, -0.25) is 9.78 Å². The quantitative estimate of drug-likeness (QED) is 0.810. The number of pyridine rings is 1. The van der Waals surface area contributed by atoms with E-state index in [1.165, 1.54) is 6.26 Å². The third kappa shape index (κ3) is 4.39. The van der Waals surface area contributed by atoms with Gasteiger partial charge >= 0.3 is 0 Å². The van der Waals surface area contributed by atoms with Crippen LogP contribution in [0.15, 0.2) is 35.1 Å². The molecule has 1 atom stereocenters. The molecule has 0 radical (unpaired) electrons. The van der Waals surface area contributed by atoms with Gasteiger partial charge in [0.25, 0.3) is 5.91 Å². The number of aromatic nitrogens is 2. The van der Waals surface area contributed by atoms with Crippen LogP contribution in [0.2, 0.25) is 0 Å². The van der Waals surface area contributed by atoms with E-state index in [1.54, 1.807) is 6.20 Å². The largest absolute Gasteiger partial charge is 0.446 e. The summed E-state index contributed by atoms with van der Waals surface area (Å²) in [5.41, 5.74) is 7.09. The number of nitrogens with two attached hydrogens (primary N) is 1. The Labute approximate surface area is 123 Å². The highest BCUT2D eigenvalue weighted by Gasteiger charge is 2.16. The van der Waals surface area contributed by atoms with Crippen molar-refractivity contribution in [1.82, 2.24) is 15.3 Å². The van der Waals surface area contributed by atoms with E-state index < -0.39 is 0 Å². The molecule has 2 rings (SSSR count). The van der Waals surface area contributed by atoms with Crippen LogP contribution in [0.25, 0.3) is 0 Å². The van der Waals surface area contributed by atoms with E-state index >= 15 is 0 Å². The van der Waals surface area contributed by atoms with Gasteiger partial charge in [-0.25, -0.2) is 4.98 Å². The van der Waals surface area contributed by atoms with Crippen LogP contribution in [-0.2, 0) is 6.42 Å². The van der Waals surface area contributed by atoms with Crippen LogP contribution >= 0.6 is 0 Å². The van der Waals surface area contributed by atoms with Gasteiger partial charge in [-0.2, -0.15) is 0 Å². The highest BCUT2D eigenvalue weighted by Crippen LogP contribution is 2.14. The third-order valence-corrected chi connectivity index (χ3v) is 3.06. The summed E-state index contributed by atoms with van der Waals surface area (Å²) in [6, 6.07) is 5.44. The second kappa shape index (κ2) is 7.54. The Morgan fingerprint density at radius 1 is 1.48 bits per heavy atom. The van der Waals surface area contributed by atoms with Crippen LogP contribution in [0, 0.1) is 0 Å². The van der Waals surface area contributed by atoms with Gasteiger partial charge in [-0.15, -0.1) is 0 Å². The Balaban J connectivity index is 1.83. The fourth-order valence-electron chi connectivity index (χ4n) is 1.94. The van der Waals surface area contributed by atoms with Crippen molar-refractivity contribution in [2.75, 3.05) is 6.54 Å². The van der Waals surface area contributed by atoms with Crippen LogP contribution in [-0.4, -0.2) is 22.4 Å². The van der Waals surface area contributed by atoms with Crippen LogP contribution in [0.5, 0.6) is 0 Å². The predicted molar refractivity (Wildman–Crippen MR) is 78.6 cm³/mol. The zero-order valence-corrected chi connectivity index (χ0v) is 12.1. The lowest BCUT2D eigenvalue weighted by Crippen LogP contribution is -2.26. The number of nitrogens with zero attached hydrogens (tertiary/aromatic N) is 2. The molecule has 0 fully saturated rings. The minimum absolute atomic E-state index is 0.259. The number of carbonyl (C=O) groups excluding carboxylic acids is 1. The first kappa shape index (κ1) is 15.2. The maximum atomic E-state index is 11.9. The summed E-state index contributed by atoms with van der Waals surface area (Å²) in [5.74, 6) is 0.149. The Morgan fingerprint density at radius 3 is 3.05 bits per heavy atom. The van der Waals surface area contributed by atoms with Crippen molar-refractivity contribution in [3.05, 3.63) is 47.9 Å². The second-order valence-electron chi connectivity index (χ2n) is 4.79. The number of rotatable bonds is 7. The van der Waals surface area contributed by atoms with Crippen molar-refractivity contribution < 1.29 is 9.21 Å². The minimum Gasteiger partial charge on any atom is -0.446 e. The molecular weight excluding hydrogens is 268 g/mol. The molecule has 0 spiro atoms. The molecule has 21 heavy (non-hydrogen) atoms. The minimum atomic E-state index is -0.260. The molecule has 3 N–H and O–H groups in total. The molecule has 2 aromatic heterocycles. The molecule has 0 aliphatic heterocycles. The Hall–Kier alpha value is -2.21. The van der Waals surface area contributed by atoms with Crippen LogP contribution < -0.4 is 11.1 Å². The Kier molecular flexibility index (Phi) is 5.45. The monoisotopic (exact) mass is 288 g/mol. The first-order valence-electron chi connectivity index (χ1n) is 7.09. The smallest absolute Gasteiger partial charge is 0.273 e. The van der Waals surface area contributed by atoms with E-state index in [1.807, 2.05) is 25.1 Å². The summed E-state index contributed by atoms with van der Waals surface area (Å²) in [7, 11) is 0. The zero-order valence-electron chi connectivity index (χ0n) is 12.1. The first-order chi connectivity index (χ1) is 10.2. The second-order valence-corrected chi connectivity index (χ2v) is 4.79. The van der Waals surface area contributed by atoms with E-state index in [0.717, 1.165) is 18.5 Å². The summed E-state index contributed by atoms with van der Waals surface area (Å²) in [5, 5.41) is 2.79. The van der Waals surface area contributed by atoms with E-state index in [2.05, 4.69) is 15.3 Å². The standard InChI is InChI=1S/C15H20N4O2/c1-2-5-12(16)15-19-13(10-21-15)14(20)18-9-7-11-6-3-4-8-17-11/h3-4,6,8,10,12H,2,5,7,9,16H2,1H3,(H,18,20). The molecule has 1 unspecified atom stereocenters. The number of nitrogens with one attached hydrogen (secondary N) is 1. The van der Waals surface area contributed by atoms with Gasteiger partial charge in [0, 0.05) is 24.9 Å². The summed E-state index contributed by atoms with van der Waals surface area (Å²) in [6.07, 6.45) is 5.47. The topological polar surface area (TPSA) is 94.0 Å². The molecule has 6 heteroatoms. The van der Waals surface area contributed by atoms with Crippen LogP contribution in [0.4, 0.5) is 0 Å². The average molecular weight is 288 g/mol. The highest BCUT2D eigenvalue weighted by atomic mass is 16.3. The molecule has 0 saturated carbocycles. The summed E-state index contributed by atoms with van der Waals surface area (Å²) < 4.78 is 5.26. The van der Waals surface area contributed by atoms with Crippen LogP contribution in [0.1, 0.15) is 47.9 Å². The molecule has 0 saturated heterocycles. The van der Waals surface area contributed by atoms with E-state index in [0.29, 0.717) is 18.9 Å². The van der Waals surface area contributed by atoms with Gasteiger partial charge in [0.1, 0.15) is 6.26 Å². The molecule has 112 valence electrons. The van der Waals surface area contributed by atoms with Crippen molar-refractivity contribution in [3.8, 4) is 0 Å². The molecule has 2 aromatic rings. The Morgan fingerprint density at radius 2 is 2.33 bits per heavy atom. The van der Waals surface area contributed by atoms with Crippen LogP contribution in [0.3, 0.4) is 0 Å². The van der Waals surface area contributed by atoms with Crippen molar-refractivity contribution in [1.29, 1.82) is 0 Å². The van der Waals surface area contributed by atoms with Crippen molar-refractivity contribution >= 4 is 5.91 Å². The summed E-state index contributed by atoms with van der Waals surface area (Å²) in [4.78, 5) is 20.3. The van der Waals surface area contributed by atoms with Gasteiger partial charge in [-0.1, -0.05) is 19.4 Å². The summed E-state index contributed by atoms with van der Waals surface area (Å²) >= 11 is 0. The van der Waals surface area contributed by atoms with Crippen molar-refractivity contribution in [2.45, 2.75) is 32.2 Å².